The van der Waals surface area contributed by atoms with E-state index in [1.807, 2.05) is 18.5 Å². The molecule has 0 fully saturated rings. The summed E-state index contributed by atoms with van der Waals surface area (Å²) >= 11 is 0. The maximum atomic E-state index is 4.48. The number of pyridine rings is 2. The van der Waals surface area contributed by atoms with Gasteiger partial charge in [0.1, 0.15) is 0 Å². The van der Waals surface area contributed by atoms with E-state index in [1.54, 1.807) is 0 Å². The molecule has 0 N–H and O–H groups in total. The van der Waals surface area contributed by atoms with Crippen molar-refractivity contribution in [1.29, 1.82) is 0 Å². The molecular formula is C26H30N2. The first-order chi connectivity index (χ1) is 13.2. The Morgan fingerprint density at radius 3 is 2.04 bits per heavy atom. The van der Waals surface area contributed by atoms with Gasteiger partial charge in [0, 0.05) is 28.6 Å². The van der Waals surface area contributed by atoms with Gasteiger partial charge in [0.05, 0.1) is 11.2 Å². The number of hydrogen-bond donors (Lipinski definition) is 0. The van der Waals surface area contributed by atoms with Gasteiger partial charge in [0.25, 0.3) is 0 Å². The Balaban J connectivity index is 0.000000161. The molecule has 0 radical (unpaired) electrons. The summed E-state index contributed by atoms with van der Waals surface area (Å²) in [6.07, 6.45) is 3.72. The van der Waals surface area contributed by atoms with Crippen molar-refractivity contribution >= 4 is 21.7 Å². The van der Waals surface area contributed by atoms with Crippen LogP contribution >= 0.6 is 0 Å². The minimum Gasteiger partial charge on any atom is -0.260 e. The molecule has 2 nitrogen and oxygen atoms in total. The number of fused-ring (bicyclic) bond motifs is 2. The van der Waals surface area contributed by atoms with Crippen LogP contribution in [-0.2, 0) is 10.8 Å². The van der Waals surface area contributed by atoms with Crippen molar-refractivity contribution in [2.75, 3.05) is 0 Å². The van der Waals surface area contributed by atoms with Crippen LogP contribution in [0.3, 0.4) is 0 Å². The van der Waals surface area contributed by atoms with Crippen LogP contribution in [0.2, 0.25) is 0 Å². The molecule has 4 rings (SSSR count). The zero-order valence-electron chi connectivity index (χ0n) is 17.8. The molecule has 4 aromatic rings. The molecule has 0 amide bonds. The molecule has 0 aliphatic carbocycles. The first-order valence-corrected chi connectivity index (χ1v) is 9.86. The monoisotopic (exact) mass is 370 g/mol. The van der Waals surface area contributed by atoms with Crippen LogP contribution in [0.4, 0.5) is 0 Å². The molecule has 0 atom stereocenters. The van der Waals surface area contributed by atoms with E-state index in [2.05, 4.69) is 106 Å². The fraction of sp³-hybridized carbons (Fsp3) is 0.308. The molecule has 0 bridgehead atoms. The normalized spacial score (nSPS) is 11.9. The molecule has 0 aliphatic rings. The summed E-state index contributed by atoms with van der Waals surface area (Å²) in [6.45, 7) is 13.3. The fourth-order valence-electron chi connectivity index (χ4n) is 3.26. The van der Waals surface area contributed by atoms with Gasteiger partial charge in [-0.3, -0.25) is 9.97 Å². The highest BCUT2D eigenvalue weighted by molar-refractivity contribution is 5.85. The topological polar surface area (TPSA) is 25.8 Å². The maximum absolute atomic E-state index is 4.48. The first-order valence-electron chi connectivity index (χ1n) is 9.86. The quantitative estimate of drug-likeness (QED) is 0.331. The Kier molecular flexibility index (Phi) is 5.51. The molecule has 28 heavy (non-hydrogen) atoms. The van der Waals surface area contributed by atoms with Crippen molar-refractivity contribution in [2.45, 2.75) is 52.4 Å². The molecule has 2 aromatic carbocycles. The largest absolute Gasteiger partial charge is 0.260 e. The number of nitrogens with zero attached hydrogens (tertiary/aromatic N) is 2. The zero-order valence-corrected chi connectivity index (χ0v) is 17.8. The molecule has 0 saturated carbocycles. The van der Waals surface area contributed by atoms with E-state index in [0.29, 0.717) is 0 Å². The molecule has 2 heterocycles. The van der Waals surface area contributed by atoms with Gasteiger partial charge in [-0.1, -0.05) is 77.9 Å². The lowest BCUT2D eigenvalue weighted by Gasteiger charge is -2.19. The van der Waals surface area contributed by atoms with Gasteiger partial charge < -0.3 is 0 Å². The number of hydrogen-bond acceptors (Lipinski definition) is 2. The standard InChI is InChI=1S/2C13H15N/c1-13(2,3)11-6-7-12-10(9-11)5-4-8-14-12;1-13(2,3)12-11-7-5-4-6-10(11)8-9-14-12/h2*4-9H,1-3H3. The van der Waals surface area contributed by atoms with E-state index >= 15 is 0 Å². The highest BCUT2D eigenvalue weighted by Crippen LogP contribution is 2.27. The lowest BCUT2D eigenvalue weighted by molar-refractivity contribution is 0.575. The summed E-state index contributed by atoms with van der Waals surface area (Å²) in [5, 5.41) is 3.76. The average molecular weight is 371 g/mol. The van der Waals surface area contributed by atoms with Gasteiger partial charge in [0.15, 0.2) is 0 Å². The summed E-state index contributed by atoms with van der Waals surface area (Å²) in [7, 11) is 0. The highest BCUT2D eigenvalue weighted by Gasteiger charge is 2.17. The van der Waals surface area contributed by atoms with Gasteiger partial charge >= 0.3 is 0 Å². The minimum atomic E-state index is 0.112. The van der Waals surface area contributed by atoms with Crippen molar-refractivity contribution in [2.24, 2.45) is 0 Å². The van der Waals surface area contributed by atoms with Crippen LogP contribution in [-0.4, -0.2) is 9.97 Å². The molecule has 0 aliphatic heterocycles. The van der Waals surface area contributed by atoms with Gasteiger partial charge in [0.2, 0.25) is 0 Å². The molecule has 2 aromatic heterocycles. The Hall–Kier alpha value is -2.74. The van der Waals surface area contributed by atoms with Crippen molar-refractivity contribution in [3.63, 3.8) is 0 Å². The number of rotatable bonds is 0. The second-order valence-corrected chi connectivity index (χ2v) is 9.29. The van der Waals surface area contributed by atoms with Crippen LogP contribution < -0.4 is 0 Å². The lowest BCUT2D eigenvalue weighted by Crippen LogP contribution is -2.13. The van der Waals surface area contributed by atoms with Gasteiger partial charge in [-0.05, 0) is 40.6 Å². The fourth-order valence-corrected chi connectivity index (χ4v) is 3.26. The lowest BCUT2D eigenvalue weighted by atomic mass is 9.86. The summed E-state index contributed by atoms with van der Waals surface area (Å²) < 4.78 is 0. The van der Waals surface area contributed by atoms with Crippen molar-refractivity contribution in [3.8, 4) is 0 Å². The third kappa shape index (κ3) is 4.56. The Morgan fingerprint density at radius 2 is 1.32 bits per heavy atom. The Morgan fingerprint density at radius 1 is 0.607 bits per heavy atom. The van der Waals surface area contributed by atoms with Crippen LogP contribution in [0, 0.1) is 0 Å². The molecule has 0 saturated heterocycles. The van der Waals surface area contributed by atoms with E-state index in [1.165, 1.54) is 27.4 Å². The van der Waals surface area contributed by atoms with Crippen LogP contribution in [0.1, 0.15) is 52.8 Å². The van der Waals surface area contributed by atoms with Gasteiger partial charge in [-0.2, -0.15) is 0 Å². The van der Waals surface area contributed by atoms with Crippen molar-refractivity contribution < 1.29 is 0 Å². The Bertz CT molecular complexity index is 1070. The van der Waals surface area contributed by atoms with Gasteiger partial charge in [-0.15, -0.1) is 0 Å². The molecule has 0 spiro atoms. The SMILES string of the molecule is CC(C)(C)c1ccc2ncccc2c1.CC(C)(C)c1nccc2ccccc12. The summed E-state index contributed by atoms with van der Waals surface area (Å²) in [5.41, 5.74) is 3.93. The maximum Gasteiger partial charge on any atom is 0.0702 e. The van der Waals surface area contributed by atoms with E-state index in [4.69, 9.17) is 0 Å². The molecular weight excluding hydrogens is 340 g/mol. The van der Waals surface area contributed by atoms with Crippen LogP contribution in [0.15, 0.2) is 73.1 Å². The van der Waals surface area contributed by atoms with E-state index in [0.717, 1.165) is 5.52 Å². The molecule has 0 unspecified atom stereocenters. The zero-order chi connectivity index (χ0) is 20.4. The predicted octanol–water partition coefficient (Wildman–Crippen LogP) is 7.06. The Labute approximate surface area is 168 Å². The predicted molar refractivity (Wildman–Crippen MR) is 121 cm³/mol. The smallest absolute Gasteiger partial charge is 0.0702 e. The van der Waals surface area contributed by atoms with Crippen molar-refractivity contribution in [1.82, 2.24) is 9.97 Å². The second kappa shape index (κ2) is 7.71. The average Bonchev–Trinajstić information content (AvgIpc) is 2.66. The van der Waals surface area contributed by atoms with E-state index in [-0.39, 0.29) is 10.8 Å². The molecule has 2 heteroatoms. The number of aromatic nitrogens is 2. The van der Waals surface area contributed by atoms with Crippen molar-refractivity contribution in [3.05, 3.63) is 84.3 Å². The van der Waals surface area contributed by atoms with Crippen LogP contribution in [0.5, 0.6) is 0 Å². The van der Waals surface area contributed by atoms with E-state index in [9.17, 15) is 0 Å². The van der Waals surface area contributed by atoms with E-state index < -0.39 is 0 Å². The molecule has 144 valence electrons. The summed E-state index contributed by atoms with van der Waals surface area (Å²) in [5.74, 6) is 0. The van der Waals surface area contributed by atoms with Crippen LogP contribution in [0.25, 0.3) is 21.7 Å². The third-order valence-electron chi connectivity index (χ3n) is 4.85. The number of benzene rings is 2. The summed E-state index contributed by atoms with van der Waals surface area (Å²) in [4.78, 5) is 8.78. The highest BCUT2D eigenvalue weighted by atomic mass is 14.7. The second-order valence-electron chi connectivity index (χ2n) is 9.29. The minimum absolute atomic E-state index is 0.112. The van der Waals surface area contributed by atoms with Gasteiger partial charge in [-0.25, -0.2) is 0 Å². The third-order valence-corrected chi connectivity index (χ3v) is 4.85. The summed E-state index contributed by atoms with van der Waals surface area (Å²) in [6, 6.07) is 21.0. The first kappa shape index (κ1) is 20.0.